The fourth-order valence-electron chi connectivity index (χ4n) is 1.73. The molecule has 0 aliphatic heterocycles. The first-order chi connectivity index (χ1) is 8.27. The van der Waals surface area contributed by atoms with Gasteiger partial charge in [-0.05, 0) is 51.1 Å². The second kappa shape index (κ2) is 7.59. The fourth-order valence-corrected chi connectivity index (χ4v) is 4.00. The van der Waals surface area contributed by atoms with Crippen LogP contribution in [0.3, 0.4) is 0 Å². The van der Waals surface area contributed by atoms with Crippen molar-refractivity contribution >= 4 is 38.4 Å². The normalized spacial score (nSPS) is 12.9. The number of halogens is 2. The second-order valence-electron chi connectivity index (χ2n) is 4.41. The van der Waals surface area contributed by atoms with Gasteiger partial charge in [-0.2, -0.15) is 0 Å². The number of benzene rings is 1. The van der Waals surface area contributed by atoms with Gasteiger partial charge in [0, 0.05) is 17.1 Å². The van der Waals surface area contributed by atoms with E-state index in [2.05, 4.69) is 26.0 Å². The first kappa shape index (κ1) is 18.9. The molecule has 0 heterocycles. The molecule has 110 valence electrons. The standard InChI is InChI=1S/C12H19BrN2O2S.ClH/c1-8-5-11(13)6-9(2)12(8)18(16,17)15-7-10(3)14-4;/h5-6,10,14-15H,7H2,1-4H3;1H. The lowest BCUT2D eigenvalue weighted by atomic mass is 10.2. The van der Waals surface area contributed by atoms with Crippen LogP contribution in [0.15, 0.2) is 21.5 Å². The molecule has 0 spiro atoms. The Labute approximate surface area is 130 Å². The third-order valence-corrected chi connectivity index (χ3v) is 4.95. The molecular weight excluding hydrogens is 352 g/mol. The Balaban J connectivity index is 0.00000324. The van der Waals surface area contributed by atoms with Crippen LogP contribution in [0.4, 0.5) is 0 Å². The molecule has 1 aromatic carbocycles. The van der Waals surface area contributed by atoms with E-state index in [9.17, 15) is 8.42 Å². The van der Waals surface area contributed by atoms with Crippen LogP contribution in [-0.2, 0) is 10.0 Å². The Hall–Kier alpha value is -0.140. The minimum atomic E-state index is -3.45. The van der Waals surface area contributed by atoms with E-state index in [0.29, 0.717) is 11.4 Å². The molecule has 0 fully saturated rings. The van der Waals surface area contributed by atoms with Gasteiger partial charge in [-0.15, -0.1) is 12.4 Å². The zero-order chi connectivity index (χ0) is 13.9. The average Bonchev–Trinajstić information content (AvgIpc) is 2.24. The zero-order valence-corrected chi connectivity index (χ0v) is 14.7. The maximum absolute atomic E-state index is 12.3. The van der Waals surface area contributed by atoms with Crippen molar-refractivity contribution in [2.24, 2.45) is 0 Å². The Bertz CT molecular complexity index is 512. The third kappa shape index (κ3) is 5.04. The summed E-state index contributed by atoms with van der Waals surface area (Å²) in [5.41, 5.74) is 1.48. The molecule has 7 heteroatoms. The molecule has 1 atom stereocenters. The average molecular weight is 372 g/mol. The fraction of sp³-hybridized carbons (Fsp3) is 0.500. The van der Waals surface area contributed by atoms with E-state index in [0.717, 1.165) is 15.6 Å². The molecule has 0 amide bonds. The van der Waals surface area contributed by atoms with Crippen molar-refractivity contribution in [3.05, 3.63) is 27.7 Å². The predicted octanol–water partition coefficient (Wildman–Crippen LogP) is 2.37. The molecule has 0 aliphatic rings. The Morgan fingerprint density at radius 2 is 1.74 bits per heavy atom. The quantitative estimate of drug-likeness (QED) is 0.835. The first-order valence-corrected chi connectivity index (χ1v) is 7.99. The monoisotopic (exact) mass is 370 g/mol. The number of rotatable bonds is 5. The van der Waals surface area contributed by atoms with Gasteiger partial charge < -0.3 is 5.32 Å². The van der Waals surface area contributed by atoms with Crippen molar-refractivity contribution in [1.82, 2.24) is 10.0 Å². The summed E-state index contributed by atoms with van der Waals surface area (Å²) in [5, 5.41) is 2.99. The molecule has 2 N–H and O–H groups in total. The van der Waals surface area contributed by atoms with E-state index in [1.165, 1.54) is 0 Å². The Morgan fingerprint density at radius 1 is 1.26 bits per heavy atom. The van der Waals surface area contributed by atoms with Crippen molar-refractivity contribution in [2.45, 2.75) is 31.7 Å². The summed E-state index contributed by atoms with van der Waals surface area (Å²) in [6.07, 6.45) is 0. The molecule has 0 saturated heterocycles. The number of likely N-dealkylation sites (N-methyl/N-ethyl adjacent to an activating group) is 1. The molecule has 1 unspecified atom stereocenters. The van der Waals surface area contributed by atoms with Crippen molar-refractivity contribution in [2.75, 3.05) is 13.6 Å². The van der Waals surface area contributed by atoms with Gasteiger partial charge in [-0.1, -0.05) is 15.9 Å². The van der Waals surface area contributed by atoms with Gasteiger partial charge >= 0.3 is 0 Å². The molecule has 0 aromatic heterocycles. The van der Waals surface area contributed by atoms with Crippen molar-refractivity contribution in [1.29, 1.82) is 0 Å². The van der Waals surface area contributed by atoms with E-state index >= 15 is 0 Å². The highest BCUT2D eigenvalue weighted by atomic mass is 79.9. The van der Waals surface area contributed by atoms with Crippen LogP contribution in [0.2, 0.25) is 0 Å². The number of sulfonamides is 1. The van der Waals surface area contributed by atoms with Gasteiger partial charge in [0.05, 0.1) is 4.90 Å². The Kier molecular flexibility index (Phi) is 7.54. The van der Waals surface area contributed by atoms with Crippen LogP contribution in [0, 0.1) is 13.8 Å². The van der Waals surface area contributed by atoms with Crippen LogP contribution in [0.25, 0.3) is 0 Å². The van der Waals surface area contributed by atoms with E-state index in [-0.39, 0.29) is 18.4 Å². The summed E-state index contributed by atoms with van der Waals surface area (Å²) in [7, 11) is -1.65. The lowest BCUT2D eigenvalue weighted by Gasteiger charge is -2.15. The van der Waals surface area contributed by atoms with Crippen LogP contribution in [-0.4, -0.2) is 28.1 Å². The molecule has 1 aromatic rings. The minimum absolute atomic E-state index is 0. The smallest absolute Gasteiger partial charge is 0.241 e. The van der Waals surface area contributed by atoms with Crippen LogP contribution >= 0.6 is 28.3 Å². The molecule has 0 bridgehead atoms. The largest absolute Gasteiger partial charge is 0.316 e. The number of nitrogens with one attached hydrogen (secondary N) is 2. The summed E-state index contributed by atoms with van der Waals surface area (Å²) in [5.74, 6) is 0. The molecule has 0 radical (unpaired) electrons. The number of hydrogen-bond donors (Lipinski definition) is 2. The molecule has 4 nitrogen and oxygen atoms in total. The van der Waals surface area contributed by atoms with Crippen LogP contribution in [0.1, 0.15) is 18.1 Å². The first-order valence-electron chi connectivity index (χ1n) is 5.71. The molecule has 0 aliphatic carbocycles. The van der Waals surface area contributed by atoms with Gasteiger partial charge in [-0.25, -0.2) is 13.1 Å². The Morgan fingerprint density at radius 3 is 2.16 bits per heavy atom. The topological polar surface area (TPSA) is 58.2 Å². The highest BCUT2D eigenvalue weighted by Crippen LogP contribution is 2.24. The highest BCUT2D eigenvalue weighted by Gasteiger charge is 2.20. The summed E-state index contributed by atoms with van der Waals surface area (Å²) in [6.45, 7) is 5.89. The lowest BCUT2D eigenvalue weighted by Crippen LogP contribution is -2.37. The summed E-state index contributed by atoms with van der Waals surface area (Å²) >= 11 is 3.36. The summed E-state index contributed by atoms with van der Waals surface area (Å²) in [6, 6.07) is 3.71. The maximum atomic E-state index is 12.3. The van der Waals surface area contributed by atoms with Crippen LogP contribution < -0.4 is 10.0 Å². The van der Waals surface area contributed by atoms with Crippen molar-refractivity contribution in [3.63, 3.8) is 0 Å². The lowest BCUT2D eigenvalue weighted by molar-refractivity contribution is 0.553. The van der Waals surface area contributed by atoms with E-state index in [1.54, 1.807) is 20.9 Å². The second-order valence-corrected chi connectivity index (χ2v) is 7.03. The van der Waals surface area contributed by atoms with Gasteiger partial charge in [-0.3, -0.25) is 0 Å². The van der Waals surface area contributed by atoms with Crippen molar-refractivity contribution in [3.8, 4) is 0 Å². The van der Waals surface area contributed by atoms with Crippen molar-refractivity contribution < 1.29 is 8.42 Å². The van der Waals surface area contributed by atoms with Gasteiger partial charge in [0.1, 0.15) is 0 Å². The maximum Gasteiger partial charge on any atom is 0.241 e. The highest BCUT2D eigenvalue weighted by molar-refractivity contribution is 9.10. The van der Waals surface area contributed by atoms with E-state index < -0.39 is 10.0 Å². The van der Waals surface area contributed by atoms with Gasteiger partial charge in [0.2, 0.25) is 10.0 Å². The van der Waals surface area contributed by atoms with E-state index in [1.807, 2.05) is 19.1 Å². The van der Waals surface area contributed by atoms with Gasteiger partial charge in [0.25, 0.3) is 0 Å². The molecular formula is C12H20BrClN2O2S. The SMILES string of the molecule is CNC(C)CNS(=O)(=O)c1c(C)cc(Br)cc1C.Cl. The van der Waals surface area contributed by atoms with Gasteiger partial charge in [0.15, 0.2) is 0 Å². The summed E-state index contributed by atoms with van der Waals surface area (Å²) in [4.78, 5) is 0.369. The molecule has 0 saturated carbocycles. The minimum Gasteiger partial charge on any atom is -0.316 e. The van der Waals surface area contributed by atoms with Crippen LogP contribution in [0.5, 0.6) is 0 Å². The summed E-state index contributed by atoms with van der Waals surface area (Å²) < 4.78 is 28.0. The third-order valence-electron chi connectivity index (χ3n) is 2.77. The predicted molar refractivity (Wildman–Crippen MR) is 84.6 cm³/mol. The number of aryl methyl sites for hydroxylation is 2. The van der Waals surface area contributed by atoms with E-state index in [4.69, 9.17) is 0 Å². The molecule has 19 heavy (non-hydrogen) atoms. The number of hydrogen-bond acceptors (Lipinski definition) is 3. The zero-order valence-electron chi connectivity index (χ0n) is 11.5. The molecule has 1 rings (SSSR count).